The van der Waals surface area contributed by atoms with Gasteiger partial charge in [-0.3, -0.25) is 0 Å². The van der Waals surface area contributed by atoms with Crippen molar-refractivity contribution in [1.82, 2.24) is 4.98 Å². The third-order valence-electron chi connectivity index (χ3n) is 4.26. The summed E-state index contributed by atoms with van der Waals surface area (Å²) >= 11 is 7.59. The molecule has 0 saturated heterocycles. The molecule has 1 atom stereocenters. The fourth-order valence-electron chi connectivity index (χ4n) is 3.13. The van der Waals surface area contributed by atoms with Crippen LogP contribution >= 0.6 is 22.9 Å². The van der Waals surface area contributed by atoms with Crippen molar-refractivity contribution in [2.75, 3.05) is 0 Å². The molecule has 0 spiro atoms. The van der Waals surface area contributed by atoms with E-state index in [1.165, 1.54) is 11.3 Å². The van der Waals surface area contributed by atoms with Crippen molar-refractivity contribution in [2.45, 2.75) is 18.9 Å². The average molecular weight is 372 g/mol. The largest absolute Gasteiger partial charge is 0.389 e. The summed E-state index contributed by atoms with van der Waals surface area (Å²) < 4.78 is 16.3. The highest BCUT2D eigenvalue weighted by atomic mass is 35.5. The predicted molar refractivity (Wildman–Crippen MR) is 102 cm³/mol. The van der Waals surface area contributed by atoms with E-state index in [4.69, 9.17) is 11.6 Å². The van der Waals surface area contributed by atoms with E-state index in [0.29, 0.717) is 34.5 Å². The normalized spacial score (nSPS) is 17.1. The number of aliphatic hydroxyl groups is 1. The molecular weight excluding hydrogens is 357 g/mol. The molecule has 1 unspecified atom stereocenters. The van der Waals surface area contributed by atoms with Crippen LogP contribution in [-0.4, -0.2) is 16.2 Å². The average Bonchev–Trinajstić information content (AvgIpc) is 3.03. The lowest BCUT2D eigenvalue weighted by Gasteiger charge is -2.14. The van der Waals surface area contributed by atoms with Crippen LogP contribution in [0.4, 0.5) is 4.39 Å². The Morgan fingerprint density at radius 2 is 2.20 bits per heavy atom. The van der Waals surface area contributed by atoms with Crippen LogP contribution in [0.3, 0.4) is 0 Å². The van der Waals surface area contributed by atoms with Crippen LogP contribution in [0.1, 0.15) is 12.0 Å². The number of hydrogen-bond acceptors (Lipinski definition) is 3. The van der Waals surface area contributed by atoms with Crippen LogP contribution in [0.25, 0.3) is 21.3 Å². The third-order valence-corrected chi connectivity index (χ3v) is 5.27. The first-order valence-corrected chi connectivity index (χ1v) is 9.23. The van der Waals surface area contributed by atoms with Crippen LogP contribution in [0.5, 0.6) is 0 Å². The van der Waals surface area contributed by atoms with Crippen molar-refractivity contribution in [1.29, 1.82) is 0 Å². The van der Waals surface area contributed by atoms with Crippen LogP contribution < -0.4 is 0 Å². The highest BCUT2D eigenvalue weighted by Gasteiger charge is 2.18. The summed E-state index contributed by atoms with van der Waals surface area (Å²) in [5.74, 6) is -0.282. The van der Waals surface area contributed by atoms with Gasteiger partial charge in [0.2, 0.25) is 0 Å². The van der Waals surface area contributed by atoms with Gasteiger partial charge >= 0.3 is 0 Å². The van der Waals surface area contributed by atoms with E-state index in [9.17, 15) is 5.11 Å². The zero-order valence-electron chi connectivity index (χ0n) is 13.2. The minimum atomic E-state index is -0.498. The molecule has 0 fully saturated rings. The molecule has 1 N–H and O–H groups in total. The van der Waals surface area contributed by atoms with E-state index in [1.54, 1.807) is 23.7 Å². The molecule has 1 aliphatic carbocycles. The van der Waals surface area contributed by atoms with Gasteiger partial charge in [-0.1, -0.05) is 42.0 Å². The Bertz CT molecular complexity index is 1010. The SMILES string of the molecule is OC1C=C(Cc2cc3scnc3c(-c3cccc(Cl)c3)c2F)C=CC1. The van der Waals surface area contributed by atoms with E-state index in [1.807, 2.05) is 30.4 Å². The van der Waals surface area contributed by atoms with Gasteiger partial charge in [-0.25, -0.2) is 9.37 Å². The standard InChI is InChI=1S/C20H15ClFNOS/c21-15-5-2-4-13(9-15)18-19(22)14(10-17-20(18)23-11-25-17)7-12-3-1-6-16(24)8-12/h1-5,8-11,16,24H,6-7H2. The molecule has 0 amide bonds. The van der Waals surface area contributed by atoms with Crippen molar-refractivity contribution in [2.24, 2.45) is 0 Å². The Balaban J connectivity index is 1.86. The second kappa shape index (κ2) is 6.71. The number of allylic oxidation sites excluding steroid dienone is 2. The second-order valence-electron chi connectivity index (χ2n) is 6.06. The highest BCUT2D eigenvalue weighted by molar-refractivity contribution is 7.16. The quantitative estimate of drug-likeness (QED) is 0.655. The fraction of sp³-hybridized carbons (Fsp3) is 0.150. The maximum Gasteiger partial charge on any atom is 0.136 e. The highest BCUT2D eigenvalue weighted by Crippen LogP contribution is 2.36. The maximum atomic E-state index is 15.4. The number of hydrogen-bond donors (Lipinski definition) is 1. The van der Waals surface area contributed by atoms with Crippen LogP contribution in [0.15, 0.2) is 59.6 Å². The topological polar surface area (TPSA) is 33.1 Å². The number of fused-ring (bicyclic) bond motifs is 1. The first kappa shape index (κ1) is 16.5. The molecule has 0 bridgehead atoms. The first-order valence-electron chi connectivity index (χ1n) is 7.97. The van der Waals surface area contributed by atoms with Gasteiger partial charge in [0.15, 0.2) is 0 Å². The summed E-state index contributed by atoms with van der Waals surface area (Å²) in [5, 5.41) is 10.3. The zero-order chi connectivity index (χ0) is 17.4. The van der Waals surface area contributed by atoms with Gasteiger partial charge in [0, 0.05) is 17.0 Å². The van der Waals surface area contributed by atoms with Gasteiger partial charge in [-0.15, -0.1) is 11.3 Å². The van der Waals surface area contributed by atoms with Gasteiger partial charge in [0.1, 0.15) is 5.82 Å². The Morgan fingerprint density at radius 1 is 1.32 bits per heavy atom. The van der Waals surface area contributed by atoms with E-state index < -0.39 is 6.10 Å². The van der Waals surface area contributed by atoms with Gasteiger partial charge in [0.05, 0.1) is 21.8 Å². The smallest absolute Gasteiger partial charge is 0.136 e. The molecule has 0 saturated carbocycles. The molecule has 0 aliphatic heterocycles. The summed E-state index contributed by atoms with van der Waals surface area (Å²) in [6.45, 7) is 0. The Morgan fingerprint density at radius 3 is 3.00 bits per heavy atom. The van der Waals surface area contributed by atoms with Gasteiger partial charge in [0.25, 0.3) is 0 Å². The van der Waals surface area contributed by atoms with Gasteiger partial charge in [-0.2, -0.15) is 0 Å². The van der Waals surface area contributed by atoms with Gasteiger partial charge in [-0.05, 0) is 41.3 Å². The van der Waals surface area contributed by atoms with Crippen LogP contribution in [0, 0.1) is 5.82 Å². The number of thiazole rings is 1. The summed E-state index contributed by atoms with van der Waals surface area (Å²) in [4.78, 5) is 4.35. The minimum absolute atomic E-state index is 0.282. The van der Waals surface area contributed by atoms with Crippen LogP contribution in [-0.2, 0) is 6.42 Å². The molecule has 0 radical (unpaired) electrons. The Kier molecular flexibility index (Phi) is 4.42. The van der Waals surface area contributed by atoms with Crippen molar-refractivity contribution >= 4 is 33.2 Å². The Labute approximate surface area is 153 Å². The lowest BCUT2D eigenvalue weighted by Crippen LogP contribution is -2.07. The lowest BCUT2D eigenvalue weighted by molar-refractivity contribution is 0.224. The maximum absolute atomic E-state index is 15.4. The number of rotatable bonds is 3. The first-order chi connectivity index (χ1) is 12.1. The summed E-state index contributed by atoms with van der Waals surface area (Å²) in [5.41, 5.74) is 5.09. The minimum Gasteiger partial charge on any atom is -0.389 e. The summed E-state index contributed by atoms with van der Waals surface area (Å²) in [6, 6.07) is 9.03. The number of benzene rings is 2. The molecule has 126 valence electrons. The zero-order valence-corrected chi connectivity index (χ0v) is 14.8. The third kappa shape index (κ3) is 3.25. The molecule has 25 heavy (non-hydrogen) atoms. The molecular formula is C20H15ClFNOS. The molecule has 1 aromatic heterocycles. The molecule has 2 aromatic carbocycles. The van der Waals surface area contributed by atoms with Crippen molar-refractivity contribution in [3.8, 4) is 11.1 Å². The van der Waals surface area contributed by atoms with Crippen molar-refractivity contribution < 1.29 is 9.50 Å². The molecule has 1 heterocycles. The number of aliphatic hydroxyl groups excluding tert-OH is 1. The molecule has 3 aromatic rings. The number of nitrogens with zero attached hydrogens (tertiary/aromatic N) is 1. The van der Waals surface area contributed by atoms with Crippen LogP contribution in [0.2, 0.25) is 5.02 Å². The van der Waals surface area contributed by atoms with E-state index in [-0.39, 0.29) is 5.82 Å². The molecule has 5 heteroatoms. The van der Waals surface area contributed by atoms with Crippen molar-refractivity contribution in [3.05, 3.63) is 76.0 Å². The summed E-state index contributed by atoms with van der Waals surface area (Å²) in [7, 11) is 0. The van der Waals surface area contributed by atoms with Crippen molar-refractivity contribution in [3.63, 3.8) is 0 Å². The second-order valence-corrected chi connectivity index (χ2v) is 7.38. The number of aromatic nitrogens is 1. The molecule has 4 rings (SSSR count). The molecule has 1 aliphatic rings. The summed E-state index contributed by atoms with van der Waals surface area (Å²) in [6.07, 6.45) is 6.19. The van der Waals surface area contributed by atoms with E-state index in [0.717, 1.165) is 15.8 Å². The molecule has 2 nitrogen and oxygen atoms in total. The fourth-order valence-corrected chi connectivity index (χ4v) is 4.07. The van der Waals surface area contributed by atoms with Gasteiger partial charge < -0.3 is 5.11 Å². The number of halogens is 2. The van der Waals surface area contributed by atoms with E-state index in [2.05, 4.69) is 4.98 Å². The lowest BCUT2D eigenvalue weighted by atomic mass is 9.94. The monoisotopic (exact) mass is 371 g/mol. The Hall–Kier alpha value is -2.01. The van der Waals surface area contributed by atoms with E-state index >= 15 is 4.39 Å². The predicted octanol–water partition coefficient (Wildman–Crippen LogP) is 5.55.